The molecule has 0 radical (unpaired) electrons. The lowest BCUT2D eigenvalue weighted by molar-refractivity contribution is -0.118. The average Bonchev–Trinajstić information content (AvgIpc) is 3.00. The smallest absolute Gasteiger partial charge is 0.249 e. The molecule has 134 valence electrons. The van der Waals surface area contributed by atoms with E-state index in [1.54, 1.807) is 0 Å². The first-order valence-corrected chi connectivity index (χ1v) is 9.84. The van der Waals surface area contributed by atoms with E-state index in [1.165, 1.54) is 25.7 Å². The molecule has 4 rings (SSSR count). The Hall–Kier alpha value is -2.13. The molecular weight excluding hydrogens is 344 g/mol. The predicted octanol–water partition coefficient (Wildman–Crippen LogP) is 5.47. The third kappa shape index (κ3) is 3.54. The second kappa shape index (κ2) is 7.63. The van der Waals surface area contributed by atoms with Crippen LogP contribution in [-0.4, -0.2) is 17.7 Å². The van der Waals surface area contributed by atoms with Crippen molar-refractivity contribution in [3.05, 3.63) is 64.7 Å². The molecule has 3 nitrogen and oxygen atoms in total. The number of aliphatic imine (C=N–C) groups is 1. The Morgan fingerprint density at radius 2 is 1.69 bits per heavy atom. The van der Waals surface area contributed by atoms with E-state index in [0.29, 0.717) is 10.9 Å². The minimum Gasteiger partial charge on any atom is -0.324 e. The molecule has 26 heavy (non-hydrogen) atoms. The maximum atomic E-state index is 13.0. The van der Waals surface area contributed by atoms with Crippen molar-refractivity contribution in [2.45, 2.75) is 44.6 Å². The number of rotatable bonds is 2. The summed E-state index contributed by atoms with van der Waals surface area (Å²) in [6, 6.07) is 15.3. The van der Waals surface area contributed by atoms with Crippen LogP contribution in [0.25, 0.3) is 0 Å². The minimum atomic E-state index is -0.338. The highest BCUT2D eigenvalue weighted by Gasteiger charge is 2.32. The molecule has 1 heterocycles. The zero-order chi connectivity index (χ0) is 17.9. The van der Waals surface area contributed by atoms with Crippen molar-refractivity contribution in [2.24, 2.45) is 10.9 Å². The van der Waals surface area contributed by atoms with E-state index >= 15 is 0 Å². The van der Waals surface area contributed by atoms with Crippen molar-refractivity contribution in [3.63, 3.8) is 0 Å². The van der Waals surface area contributed by atoms with E-state index in [4.69, 9.17) is 16.6 Å². The fraction of sp³-hybridized carbons (Fsp3) is 0.364. The number of halogens is 1. The molecule has 1 amide bonds. The van der Waals surface area contributed by atoms with Gasteiger partial charge in [-0.3, -0.25) is 9.79 Å². The van der Waals surface area contributed by atoms with Gasteiger partial charge in [0.25, 0.3) is 0 Å². The highest BCUT2D eigenvalue weighted by molar-refractivity contribution is 6.32. The molecule has 2 aromatic carbocycles. The zero-order valence-electron chi connectivity index (χ0n) is 14.7. The second-order valence-corrected chi connectivity index (χ2v) is 7.66. The standard InChI is InChI=1S/C22H23ClN2O/c23-17-12-13-19-18(14-17)20(15-8-6-3-7-9-15)25-21(22(26)24-19)16-10-4-1-2-5-11-16/h3,6-9,12-14,16,21H,1-2,4-5,10-11H2,(H,24,26). The number of carbonyl (C=O) groups excluding carboxylic acids is 1. The second-order valence-electron chi connectivity index (χ2n) is 7.22. The van der Waals surface area contributed by atoms with Gasteiger partial charge in [-0.15, -0.1) is 0 Å². The molecule has 4 heteroatoms. The third-order valence-electron chi connectivity index (χ3n) is 5.42. The quantitative estimate of drug-likeness (QED) is 0.703. The van der Waals surface area contributed by atoms with Crippen LogP contribution in [0.1, 0.15) is 49.7 Å². The summed E-state index contributed by atoms with van der Waals surface area (Å²) in [4.78, 5) is 18.0. The number of anilines is 1. The molecule has 1 aliphatic heterocycles. The summed E-state index contributed by atoms with van der Waals surface area (Å²) in [6.45, 7) is 0. The van der Waals surface area contributed by atoms with Gasteiger partial charge < -0.3 is 5.32 Å². The number of nitrogens with one attached hydrogen (secondary N) is 1. The van der Waals surface area contributed by atoms with Crippen molar-refractivity contribution >= 4 is 28.9 Å². The van der Waals surface area contributed by atoms with Crippen LogP contribution in [-0.2, 0) is 4.79 Å². The Kier molecular flexibility index (Phi) is 5.07. The maximum Gasteiger partial charge on any atom is 0.249 e. The molecule has 1 atom stereocenters. The van der Waals surface area contributed by atoms with Gasteiger partial charge in [0.15, 0.2) is 0 Å². The molecule has 0 aromatic heterocycles. The minimum absolute atomic E-state index is 0.00593. The summed E-state index contributed by atoms with van der Waals surface area (Å²) >= 11 is 6.26. The fourth-order valence-corrected chi connectivity index (χ4v) is 4.24. The van der Waals surface area contributed by atoms with Crippen LogP contribution in [0.15, 0.2) is 53.5 Å². The van der Waals surface area contributed by atoms with Gasteiger partial charge in [-0.2, -0.15) is 0 Å². The first-order chi connectivity index (χ1) is 12.7. The van der Waals surface area contributed by atoms with E-state index in [2.05, 4.69) is 5.32 Å². The number of hydrogen-bond donors (Lipinski definition) is 1. The van der Waals surface area contributed by atoms with Crippen LogP contribution in [0.3, 0.4) is 0 Å². The summed E-state index contributed by atoms with van der Waals surface area (Å²) in [6.07, 6.45) is 7.03. The molecule has 1 unspecified atom stereocenters. The van der Waals surface area contributed by atoms with Gasteiger partial charge in [-0.05, 0) is 37.0 Å². The van der Waals surface area contributed by atoms with E-state index in [1.807, 2.05) is 48.5 Å². The number of benzene rings is 2. The summed E-state index contributed by atoms with van der Waals surface area (Å²) in [5.41, 5.74) is 3.56. The lowest BCUT2D eigenvalue weighted by Crippen LogP contribution is -2.32. The molecular formula is C22H23ClN2O. The number of amides is 1. The van der Waals surface area contributed by atoms with Gasteiger partial charge in [0.05, 0.1) is 11.4 Å². The molecule has 0 spiro atoms. The van der Waals surface area contributed by atoms with Crippen molar-refractivity contribution < 1.29 is 4.79 Å². The summed E-state index contributed by atoms with van der Waals surface area (Å²) in [7, 11) is 0. The highest BCUT2D eigenvalue weighted by Crippen LogP contribution is 2.33. The molecule has 1 aliphatic carbocycles. The Bertz CT molecular complexity index is 823. The molecule has 0 saturated heterocycles. The Morgan fingerprint density at radius 1 is 0.962 bits per heavy atom. The highest BCUT2D eigenvalue weighted by atomic mass is 35.5. The average molecular weight is 367 g/mol. The van der Waals surface area contributed by atoms with Crippen molar-refractivity contribution in [1.82, 2.24) is 0 Å². The lowest BCUT2D eigenvalue weighted by atomic mass is 9.91. The predicted molar refractivity (Wildman–Crippen MR) is 107 cm³/mol. The van der Waals surface area contributed by atoms with E-state index in [-0.39, 0.29) is 11.9 Å². The van der Waals surface area contributed by atoms with Gasteiger partial charge in [-0.25, -0.2) is 0 Å². The van der Waals surface area contributed by atoms with E-state index in [0.717, 1.165) is 35.4 Å². The molecule has 2 aliphatic rings. The Balaban J connectivity index is 1.82. The maximum absolute atomic E-state index is 13.0. The summed E-state index contributed by atoms with van der Waals surface area (Å²) in [5, 5.41) is 3.75. The topological polar surface area (TPSA) is 41.5 Å². The number of hydrogen-bond acceptors (Lipinski definition) is 2. The normalized spacial score (nSPS) is 21.2. The van der Waals surface area contributed by atoms with Crippen molar-refractivity contribution in [2.75, 3.05) is 5.32 Å². The molecule has 1 fully saturated rings. The van der Waals surface area contributed by atoms with Gasteiger partial charge in [0.2, 0.25) is 5.91 Å². The Morgan fingerprint density at radius 3 is 2.42 bits per heavy atom. The van der Waals surface area contributed by atoms with Crippen LogP contribution < -0.4 is 5.32 Å². The first kappa shape index (κ1) is 17.3. The van der Waals surface area contributed by atoms with Crippen LogP contribution in [0, 0.1) is 5.92 Å². The van der Waals surface area contributed by atoms with Gasteiger partial charge in [0, 0.05) is 16.1 Å². The van der Waals surface area contributed by atoms with Gasteiger partial charge in [0.1, 0.15) is 6.04 Å². The zero-order valence-corrected chi connectivity index (χ0v) is 15.5. The van der Waals surface area contributed by atoms with Crippen LogP contribution in [0.4, 0.5) is 5.69 Å². The van der Waals surface area contributed by atoms with Crippen LogP contribution >= 0.6 is 11.6 Å². The number of carbonyl (C=O) groups is 1. The van der Waals surface area contributed by atoms with Gasteiger partial charge >= 0.3 is 0 Å². The molecule has 1 N–H and O–H groups in total. The largest absolute Gasteiger partial charge is 0.324 e. The Labute approximate surface area is 159 Å². The molecule has 2 aromatic rings. The number of nitrogens with zero attached hydrogens (tertiary/aromatic N) is 1. The number of fused-ring (bicyclic) bond motifs is 1. The molecule has 0 bridgehead atoms. The third-order valence-corrected chi connectivity index (χ3v) is 5.66. The first-order valence-electron chi connectivity index (χ1n) is 9.46. The van der Waals surface area contributed by atoms with E-state index < -0.39 is 0 Å². The molecule has 1 saturated carbocycles. The lowest BCUT2D eigenvalue weighted by Gasteiger charge is -2.21. The number of benzodiazepines with no additional fused rings is 1. The SMILES string of the molecule is O=C1Nc2ccc(Cl)cc2C(c2ccccc2)=NC1C1CCCCCC1. The monoisotopic (exact) mass is 366 g/mol. The fourth-order valence-electron chi connectivity index (χ4n) is 4.07. The van der Waals surface area contributed by atoms with Crippen molar-refractivity contribution in [1.29, 1.82) is 0 Å². The van der Waals surface area contributed by atoms with E-state index in [9.17, 15) is 4.79 Å². The van der Waals surface area contributed by atoms with Gasteiger partial charge in [-0.1, -0.05) is 67.6 Å². The van der Waals surface area contributed by atoms with Crippen LogP contribution in [0.5, 0.6) is 0 Å². The van der Waals surface area contributed by atoms with Crippen LogP contribution in [0.2, 0.25) is 5.02 Å². The summed E-state index contributed by atoms with van der Waals surface area (Å²) < 4.78 is 0. The summed E-state index contributed by atoms with van der Waals surface area (Å²) in [5.74, 6) is 0.312. The van der Waals surface area contributed by atoms with Crippen molar-refractivity contribution in [3.8, 4) is 0 Å².